The second-order valence-electron chi connectivity index (χ2n) is 9.17. The largest absolute Gasteiger partial charge is 0.467 e. The molecule has 0 saturated heterocycles. The molecule has 1 aromatic carbocycles. The fourth-order valence-corrected chi connectivity index (χ4v) is 4.47. The molecule has 1 aliphatic carbocycles. The summed E-state index contributed by atoms with van der Waals surface area (Å²) in [5.74, 6) is 0.142. The van der Waals surface area contributed by atoms with Crippen molar-refractivity contribution in [1.29, 1.82) is 0 Å². The van der Waals surface area contributed by atoms with E-state index in [0.29, 0.717) is 17.1 Å². The first-order chi connectivity index (χ1) is 17.5. The smallest absolute Gasteiger partial charge is 0.247 e. The Balaban J connectivity index is 1.55. The van der Waals surface area contributed by atoms with Crippen molar-refractivity contribution in [1.82, 2.24) is 15.2 Å². The van der Waals surface area contributed by atoms with Crippen LogP contribution in [-0.2, 0) is 20.9 Å². The number of rotatable bonds is 10. The standard InChI is InChI=1S/C28H32N4O4/c1-20-11-13-21(14-12-20)27(28(35)30-22-7-2-3-8-22)32(19-23-9-6-18-36-23)26(34)16-15-25(33)31-24-10-4-5-17-29-24/h4-6,9-14,17-18,22,27H,2-3,7-8,15-16,19H2,1H3,(H,30,35)(H,29,31,33)/t27-/m0/s1. The Morgan fingerprint density at radius 3 is 2.47 bits per heavy atom. The normalized spacial score (nSPS) is 14.2. The lowest BCUT2D eigenvalue weighted by atomic mass is 10.0. The van der Waals surface area contributed by atoms with Gasteiger partial charge in [0.1, 0.15) is 17.6 Å². The first-order valence-corrected chi connectivity index (χ1v) is 12.4. The quantitative estimate of drug-likeness (QED) is 0.436. The highest BCUT2D eigenvalue weighted by atomic mass is 16.3. The van der Waals surface area contributed by atoms with Crippen LogP contribution < -0.4 is 10.6 Å². The molecule has 1 saturated carbocycles. The van der Waals surface area contributed by atoms with Gasteiger partial charge >= 0.3 is 0 Å². The summed E-state index contributed by atoms with van der Waals surface area (Å²) in [7, 11) is 0. The highest BCUT2D eigenvalue weighted by molar-refractivity contribution is 5.94. The van der Waals surface area contributed by atoms with E-state index in [1.165, 1.54) is 11.2 Å². The van der Waals surface area contributed by atoms with Crippen molar-refractivity contribution in [2.45, 2.75) is 64.1 Å². The SMILES string of the molecule is Cc1ccc([C@@H](C(=O)NC2CCCC2)N(Cc2ccco2)C(=O)CCC(=O)Nc2ccccn2)cc1. The van der Waals surface area contributed by atoms with Crippen molar-refractivity contribution in [3.05, 3.63) is 83.9 Å². The molecule has 0 spiro atoms. The number of hydrogen-bond donors (Lipinski definition) is 2. The van der Waals surface area contributed by atoms with Crippen LogP contribution in [-0.4, -0.2) is 33.6 Å². The third-order valence-corrected chi connectivity index (χ3v) is 6.38. The molecule has 1 fully saturated rings. The maximum absolute atomic E-state index is 13.6. The lowest BCUT2D eigenvalue weighted by Crippen LogP contribution is -2.46. The summed E-state index contributed by atoms with van der Waals surface area (Å²) in [5.41, 5.74) is 1.78. The molecule has 188 valence electrons. The van der Waals surface area contributed by atoms with E-state index < -0.39 is 6.04 Å². The predicted octanol–water partition coefficient (Wildman–Crippen LogP) is 4.53. The van der Waals surface area contributed by atoms with Crippen molar-refractivity contribution < 1.29 is 18.8 Å². The Morgan fingerprint density at radius 1 is 1.03 bits per heavy atom. The number of carbonyl (C=O) groups is 3. The number of anilines is 1. The minimum Gasteiger partial charge on any atom is -0.467 e. The van der Waals surface area contributed by atoms with Gasteiger partial charge in [0.2, 0.25) is 17.7 Å². The number of pyridine rings is 1. The number of furan rings is 1. The molecule has 2 N–H and O–H groups in total. The number of aromatic nitrogens is 1. The summed E-state index contributed by atoms with van der Waals surface area (Å²) in [5, 5.41) is 5.85. The average Bonchev–Trinajstić information content (AvgIpc) is 3.58. The van der Waals surface area contributed by atoms with E-state index in [2.05, 4.69) is 15.6 Å². The predicted molar refractivity (Wildman–Crippen MR) is 136 cm³/mol. The number of nitrogens with zero attached hydrogens (tertiary/aromatic N) is 2. The Kier molecular flexibility index (Phi) is 8.49. The zero-order valence-electron chi connectivity index (χ0n) is 20.5. The molecule has 1 aliphatic rings. The van der Waals surface area contributed by atoms with Gasteiger partial charge in [-0.3, -0.25) is 14.4 Å². The maximum atomic E-state index is 13.6. The van der Waals surface area contributed by atoms with Gasteiger partial charge in [0.15, 0.2) is 0 Å². The molecule has 36 heavy (non-hydrogen) atoms. The van der Waals surface area contributed by atoms with Crippen molar-refractivity contribution in [3.63, 3.8) is 0 Å². The van der Waals surface area contributed by atoms with Gasteiger partial charge in [0.25, 0.3) is 0 Å². The van der Waals surface area contributed by atoms with Gasteiger partial charge in [0, 0.05) is 25.1 Å². The Hall–Kier alpha value is -3.94. The van der Waals surface area contributed by atoms with Crippen LogP contribution in [0.2, 0.25) is 0 Å². The van der Waals surface area contributed by atoms with E-state index in [1.54, 1.807) is 36.5 Å². The maximum Gasteiger partial charge on any atom is 0.247 e. The fraction of sp³-hybridized carbons (Fsp3) is 0.357. The van der Waals surface area contributed by atoms with E-state index in [-0.39, 0.29) is 43.1 Å². The highest BCUT2D eigenvalue weighted by Crippen LogP contribution is 2.27. The minimum absolute atomic E-state index is 0.0328. The van der Waals surface area contributed by atoms with Crippen LogP contribution in [0.1, 0.15) is 61.5 Å². The topological polar surface area (TPSA) is 105 Å². The summed E-state index contributed by atoms with van der Waals surface area (Å²) < 4.78 is 5.52. The molecule has 1 atom stereocenters. The first kappa shape index (κ1) is 25.2. The van der Waals surface area contributed by atoms with Gasteiger partial charge in [-0.05, 0) is 49.6 Å². The molecule has 0 aliphatic heterocycles. The van der Waals surface area contributed by atoms with Gasteiger partial charge in [-0.2, -0.15) is 0 Å². The third kappa shape index (κ3) is 6.81. The summed E-state index contributed by atoms with van der Waals surface area (Å²) in [6.45, 7) is 2.09. The fourth-order valence-electron chi connectivity index (χ4n) is 4.47. The van der Waals surface area contributed by atoms with E-state index in [1.807, 2.05) is 31.2 Å². The summed E-state index contributed by atoms with van der Waals surface area (Å²) in [4.78, 5) is 45.3. The molecule has 3 aromatic rings. The van der Waals surface area contributed by atoms with Gasteiger partial charge < -0.3 is 20.0 Å². The molecule has 4 rings (SSSR count). The number of nitrogens with one attached hydrogen (secondary N) is 2. The summed E-state index contributed by atoms with van der Waals surface area (Å²) >= 11 is 0. The molecule has 8 nitrogen and oxygen atoms in total. The van der Waals surface area contributed by atoms with E-state index >= 15 is 0 Å². The van der Waals surface area contributed by atoms with Crippen LogP contribution in [0.15, 0.2) is 71.5 Å². The first-order valence-electron chi connectivity index (χ1n) is 12.4. The number of aryl methyl sites for hydroxylation is 1. The van der Waals surface area contributed by atoms with Crippen molar-refractivity contribution in [3.8, 4) is 0 Å². The van der Waals surface area contributed by atoms with E-state index in [9.17, 15) is 14.4 Å². The molecule has 0 radical (unpaired) electrons. The molecule has 3 amide bonds. The van der Waals surface area contributed by atoms with E-state index in [4.69, 9.17) is 4.42 Å². The van der Waals surface area contributed by atoms with Crippen LogP contribution in [0.25, 0.3) is 0 Å². The molecular formula is C28H32N4O4. The van der Waals surface area contributed by atoms with Gasteiger partial charge in [0.05, 0.1) is 12.8 Å². The van der Waals surface area contributed by atoms with Crippen molar-refractivity contribution in [2.24, 2.45) is 0 Å². The van der Waals surface area contributed by atoms with Crippen LogP contribution in [0.4, 0.5) is 5.82 Å². The Labute approximate surface area is 211 Å². The average molecular weight is 489 g/mol. The van der Waals surface area contributed by atoms with Gasteiger partial charge in [-0.25, -0.2) is 4.98 Å². The Bertz CT molecular complexity index is 1140. The lowest BCUT2D eigenvalue weighted by molar-refractivity contribution is -0.142. The van der Waals surface area contributed by atoms with Crippen LogP contribution in [0.5, 0.6) is 0 Å². The van der Waals surface area contributed by atoms with E-state index in [0.717, 1.165) is 31.2 Å². The van der Waals surface area contributed by atoms with Crippen LogP contribution >= 0.6 is 0 Å². The number of amides is 3. The Morgan fingerprint density at radius 2 is 1.81 bits per heavy atom. The molecule has 2 aromatic heterocycles. The lowest BCUT2D eigenvalue weighted by Gasteiger charge is -2.32. The van der Waals surface area contributed by atoms with Gasteiger partial charge in [-0.15, -0.1) is 0 Å². The molecule has 0 bridgehead atoms. The second kappa shape index (κ2) is 12.2. The zero-order valence-corrected chi connectivity index (χ0v) is 20.5. The van der Waals surface area contributed by atoms with Crippen LogP contribution in [0.3, 0.4) is 0 Å². The number of benzene rings is 1. The minimum atomic E-state index is -0.845. The summed E-state index contributed by atoms with van der Waals surface area (Å²) in [6, 6.07) is 15.6. The van der Waals surface area contributed by atoms with Gasteiger partial charge in [-0.1, -0.05) is 48.7 Å². The molecular weight excluding hydrogens is 456 g/mol. The second-order valence-corrected chi connectivity index (χ2v) is 9.17. The van der Waals surface area contributed by atoms with Crippen molar-refractivity contribution >= 4 is 23.5 Å². The molecule has 0 unspecified atom stereocenters. The third-order valence-electron chi connectivity index (χ3n) is 6.38. The van der Waals surface area contributed by atoms with Crippen molar-refractivity contribution in [2.75, 3.05) is 5.32 Å². The van der Waals surface area contributed by atoms with Crippen LogP contribution in [0, 0.1) is 6.92 Å². The monoisotopic (exact) mass is 488 g/mol. The molecule has 2 heterocycles. The number of carbonyl (C=O) groups excluding carboxylic acids is 3. The number of hydrogen-bond acceptors (Lipinski definition) is 5. The highest BCUT2D eigenvalue weighted by Gasteiger charge is 2.33. The summed E-state index contributed by atoms with van der Waals surface area (Å²) in [6.07, 6.45) is 7.08. The molecule has 8 heteroatoms. The zero-order chi connectivity index (χ0) is 25.3.